The summed E-state index contributed by atoms with van der Waals surface area (Å²) < 4.78 is 0. The third-order valence-corrected chi connectivity index (χ3v) is 2.61. The molecule has 1 aliphatic rings. The molecule has 2 N–H and O–H groups in total. The van der Waals surface area contributed by atoms with Gasteiger partial charge in [-0.2, -0.15) is 0 Å². The first-order chi connectivity index (χ1) is 6.65. The van der Waals surface area contributed by atoms with E-state index in [0.717, 1.165) is 32.7 Å². The van der Waals surface area contributed by atoms with Crippen LogP contribution in [0.2, 0.25) is 0 Å². The summed E-state index contributed by atoms with van der Waals surface area (Å²) in [6, 6.07) is -0.354. The van der Waals surface area contributed by atoms with Gasteiger partial charge in [0.25, 0.3) is 0 Å². The lowest BCUT2D eigenvalue weighted by molar-refractivity contribution is -0.133. The predicted octanol–water partition coefficient (Wildman–Crippen LogP) is -0.112. The molecule has 1 rings (SSSR count). The lowest BCUT2D eigenvalue weighted by atomic mass is 10.2. The maximum atomic E-state index is 11.5. The van der Waals surface area contributed by atoms with Crippen LogP contribution in [-0.2, 0) is 4.79 Å². The van der Waals surface area contributed by atoms with Gasteiger partial charge in [-0.05, 0) is 19.9 Å². The Morgan fingerprint density at radius 2 is 1.93 bits per heavy atom. The molecule has 82 valence electrons. The van der Waals surface area contributed by atoms with Gasteiger partial charge in [0.1, 0.15) is 0 Å². The summed E-state index contributed by atoms with van der Waals surface area (Å²) in [4.78, 5) is 15.8. The van der Waals surface area contributed by atoms with E-state index < -0.39 is 0 Å². The summed E-state index contributed by atoms with van der Waals surface area (Å²) in [6.07, 6.45) is 1.18. The van der Waals surface area contributed by atoms with Gasteiger partial charge in [-0.15, -0.1) is 0 Å². The minimum absolute atomic E-state index is 0.0844. The van der Waals surface area contributed by atoms with Crippen molar-refractivity contribution in [3.63, 3.8) is 0 Å². The molecule has 0 saturated carbocycles. The van der Waals surface area contributed by atoms with E-state index in [9.17, 15) is 4.79 Å². The molecule has 1 heterocycles. The van der Waals surface area contributed by atoms with Gasteiger partial charge in [0.2, 0.25) is 5.91 Å². The van der Waals surface area contributed by atoms with E-state index in [4.69, 9.17) is 5.73 Å². The quantitative estimate of drug-likeness (QED) is 0.690. The number of piperazine rings is 1. The molecule has 0 unspecified atom stereocenters. The Labute approximate surface area is 86.0 Å². The number of amides is 1. The highest BCUT2D eigenvalue weighted by Gasteiger charge is 2.22. The number of nitrogens with two attached hydrogens (primary N) is 1. The van der Waals surface area contributed by atoms with Gasteiger partial charge in [-0.1, -0.05) is 6.92 Å². The van der Waals surface area contributed by atoms with Crippen LogP contribution in [0.15, 0.2) is 0 Å². The van der Waals surface area contributed by atoms with Crippen molar-refractivity contribution in [2.75, 3.05) is 32.7 Å². The number of hydrogen-bond acceptors (Lipinski definition) is 3. The molecule has 1 saturated heterocycles. The molecule has 0 radical (unpaired) electrons. The van der Waals surface area contributed by atoms with Crippen molar-refractivity contribution in [3.05, 3.63) is 0 Å². The van der Waals surface area contributed by atoms with E-state index in [1.807, 2.05) is 4.90 Å². The topological polar surface area (TPSA) is 49.6 Å². The zero-order valence-electron chi connectivity index (χ0n) is 9.20. The Bertz CT molecular complexity index is 186. The third-order valence-electron chi connectivity index (χ3n) is 2.61. The fourth-order valence-corrected chi connectivity index (χ4v) is 1.80. The number of rotatable bonds is 3. The van der Waals surface area contributed by atoms with Crippen molar-refractivity contribution in [1.82, 2.24) is 9.80 Å². The van der Waals surface area contributed by atoms with E-state index >= 15 is 0 Å². The van der Waals surface area contributed by atoms with Crippen LogP contribution < -0.4 is 5.73 Å². The zero-order valence-corrected chi connectivity index (χ0v) is 9.20. The Kier molecular flexibility index (Phi) is 4.35. The fourth-order valence-electron chi connectivity index (χ4n) is 1.80. The summed E-state index contributed by atoms with van der Waals surface area (Å²) in [6.45, 7) is 8.72. The van der Waals surface area contributed by atoms with E-state index in [0.29, 0.717) is 0 Å². The Hall–Kier alpha value is -0.610. The maximum absolute atomic E-state index is 11.5. The SMILES string of the molecule is CCCN1CCN(C(=O)[C@H](C)N)CC1. The summed E-state index contributed by atoms with van der Waals surface area (Å²) in [5.74, 6) is 0.0844. The molecule has 0 aromatic carbocycles. The lowest BCUT2D eigenvalue weighted by Gasteiger charge is -2.35. The van der Waals surface area contributed by atoms with Crippen LogP contribution in [0, 0.1) is 0 Å². The van der Waals surface area contributed by atoms with Crippen LogP contribution in [0.4, 0.5) is 0 Å². The normalized spacial score (nSPS) is 20.9. The molecule has 1 fully saturated rings. The van der Waals surface area contributed by atoms with E-state index in [2.05, 4.69) is 11.8 Å². The van der Waals surface area contributed by atoms with E-state index in [1.165, 1.54) is 6.42 Å². The lowest BCUT2D eigenvalue weighted by Crippen LogP contribution is -2.52. The van der Waals surface area contributed by atoms with Crippen molar-refractivity contribution in [2.45, 2.75) is 26.3 Å². The maximum Gasteiger partial charge on any atom is 0.239 e. The molecular formula is C10H21N3O. The second-order valence-corrected chi connectivity index (χ2v) is 3.96. The standard InChI is InChI=1S/C10H21N3O/c1-3-4-12-5-7-13(8-6-12)10(14)9(2)11/h9H,3-8,11H2,1-2H3/t9-/m0/s1. The summed E-state index contributed by atoms with van der Waals surface area (Å²) in [7, 11) is 0. The van der Waals surface area contributed by atoms with Crippen molar-refractivity contribution in [2.24, 2.45) is 5.73 Å². The first kappa shape index (κ1) is 11.5. The van der Waals surface area contributed by atoms with E-state index in [-0.39, 0.29) is 11.9 Å². The fraction of sp³-hybridized carbons (Fsp3) is 0.900. The number of carbonyl (C=O) groups is 1. The molecule has 0 spiro atoms. The number of hydrogen-bond donors (Lipinski definition) is 1. The summed E-state index contributed by atoms with van der Waals surface area (Å²) in [5, 5.41) is 0. The molecule has 0 bridgehead atoms. The Morgan fingerprint density at radius 3 is 2.36 bits per heavy atom. The highest BCUT2D eigenvalue weighted by atomic mass is 16.2. The highest BCUT2D eigenvalue weighted by Crippen LogP contribution is 2.03. The number of nitrogens with zero attached hydrogens (tertiary/aromatic N) is 2. The van der Waals surface area contributed by atoms with Gasteiger partial charge >= 0.3 is 0 Å². The number of carbonyl (C=O) groups excluding carboxylic acids is 1. The average Bonchev–Trinajstić information content (AvgIpc) is 2.18. The van der Waals surface area contributed by atoms with Gasteiger partial charge in [0.05, 0.1) is 6.04 Å². The van der Waals surface area contributed by atoms with Crippen LogP contribution in [-0.4, -0.2) is 54.5 Å². The summed E-state index contributed by atoms with van der Waals surface area (Å²) >= 11 is 0. The molecule has 0 aliphatic carbocycles. The van der Waals surface area contributed by atoms with Gasteiger partial charge in [-0.3, -0.25) is 9.69 Å². The van der Waals surface area contributed by atoms with Crippen LogP contribution in [0.25, 0.3) is 0 Å². The van der Waals surface area contributed by atoms with Crippen molar-refractivity contribution in [1.29, 1.82) is 0 Å². The monoisotopic (exact) mass is 199 g/mol. The largest absolute Gasteiger partial charge is 0.339 e. The van der Waals surface area contributed by atoms with Crippen LogP contribution in [0.3, 0.4) is 0 Å². The zero-order chi connectivity index (χ0) is 10.6. The van der Waals surface area contributed by atoms with Crippen LogP contribution in [0.1, 0.15) is 20.3 Å². The molecule has 14 heavy (non-hydrogen) atoms. The highest BCUT2D eigenvalue weighted by molar-refractivity contribution is 5.81. The van der Waals surface area contributed by atoms with Crippen LogP contribution in [0.5, 0.6) is 0 Å². The molecule has 1 aliphatic heterocycles. The summed E-state index contributed by atoms with van der Waals surface area (Å²) in [5.41, 5.74) is 5.56. The van der Waals surface area contributed by atoms with Gasteiger partial charge in [0, 0.05) is 26.2 Å². The first-order valence-electron chi connectivity index (χ1n) is 5.42. The molecule has 0 aromatic rings. The van der Waals surface area contributed by atoms with Gasteiger partial charge in [-0.25, -0.2) is 0 Å². The molecule has 4 nitrogen and oxygen atoms in total. The Balaban J connectivity index is 2.32. The molecular weight excluding hydrogens is 178 g/mol. The van der Waals surface area contributed by atoms with Gasteiger partial charge < -0.3 is 10.6 Å². The first-order valence-corrected chi connectivity index (χ1v) is 5.42. The van der Waals surface area contributed by atoms with Crippen molar-refractivity contribution in [3.8, 4) is 0 Å². The third kappa shape index (κ3) is 2.96. The smallest absolute Gasteiger partial charge is 0.239 e. The van der Waals surface area contributed by atoms with E-state index in [1.54, 1.807) is 6.92 Å². The Morgan fingerprint density at radius 1 is 1.36 bits per heavy atom. The minimum atomic E-state index is -0.354. The second kappa shape index (κ2) is 5.32. The molecule has 0 aromatic heterocycles. The second-order valence-electron chi connectivity index (χ2n) is 3.96. The predicted molar refractivity (Wildman–Crippen MR) is 57.0 cm³/mol. The average molecular weight is 199 g/mol. The molecule has 4 heteroatoms. The van der Waals surface area contributed by atoms with Gasteiger partial charge in [0.15, 0.2) is 0 Å². The van der Waals surface area contributed by atoms with Crippen molar-refractivity contribution >= 4 is 5.91 Å². The molecule has 1 atom stereocenters. The molecule has 1 amide bonds. The van der Waals surface area contributed by atoms with Crippen LogP contribution >= 0.6 is 0 Å². The van der Waals surface area contributed by atoms with Crippen molar-refractivity contribution < 1.29 is 4.79 Å². The minimum Gasteiger partial charge on any atom is -0.339 e.